The first kappa shape index (κ1) is 30.4. The van der Waals surface area contributed by atoms with E-state index in [1.54, 1.807) is 4.57 Å². The maximum absolute atomic E-state index is 13.2. The highest BCUT2D eigenvalue weighted by Gasteiger charge is 2.39. The van der Waals surface area contributed by atoms with Crippen LogP contribution < -0.4 is 32.9 Å². The second kappa shape index (κ2) is 13.2. The zero-order chi connectivity index (χ0) is 30.7. The molecule has 1 unspecified atom stereocenters. The molecule has 12 nitrogen and oxygen atoms in total. The number of guanidine groups is 1. The SMILES string of the molecule is NC(N)=NCCCN1CCCC(n2cc3c(nc2=O)Nc2cc(C4CCN(C(=O)C5(N)CCCCC5)CC4)ccc2O3)CC1. The van der Waals surface area contributed by atoms with Crippen molar-refractivity contribution in [3.05, 3.63) is 40.4 Å². The van der Waals surface area contributed by atoms with E-state index in [1.165, 1.54) is 12.0 Å². The van der Waals surface area contributed by atoms with Crippen molar-refractivity contribution < 1.29 is 9.53 Å². The van der Waals surface area contributed by atoms with E-state index in [4.69, 9.17) is 21.9 Å². The first-order valence-electron chi connectivity index (χ1n) is 16.4. The molecule has 1 aromatic carbocycles. The number of aromatic nitrogens is 2. The number of nitrogens with zero attached hydrogens (tertiary/aromatic N) is 5. The summed E-state index contributed by atoms with van der Waals surface area (Å²) in [5, 5.41) is 3.35. The standard InChI is InChI=1S/C32H47N9O3/c33-30(34)36-14-5-16-39-15-4-6-24(11-17-39)41-21-27-28(38-31(41)43)37-25-20-23(7-8-26(25)44-27)22-9-18-40(19-10-22)29(42)32(35)12-2-1-3-13-32/h7-8,20-22,24H,1-6,9-19,35H2,(H4,33,34,36)(H,37,38,43). The number of nitrogens with two attached hydrogens (primary N) is 3. The van der Waals surface area contributed by atoms with E-state index in [-0.39, 0.29) is 23.6 Å². The number of hydrogen-bond donors (Lipinski definition) is 4. The summed E-state index contributed by atoms with van der Waals surface area (Å²) in [7, 11) is 0. The number of amides is 1. The van der Waals surface area contributed by atoms with Crippen LogP contribution in [0.2, 0.25) is 0 Å². The number of benzene rings is 1. The highest BCUT2D eigenvalue weighted by atomic mass is 16.5. The third kappa shape index (κ3) is 6.71. The number of anilines is 2. The van der Waals surface area contributed by atoms with Gasteiger partial charge in [-0.3, -0.25) is 14.4 Å². The Morgan fingerprint density at radius 3 is 2.59 bits per heavy atom. The summed E-state index contributed by atoms with van der Waals surface area (Å²) >= 11 is 0. The van der Waals surface area contributed by atoms with E-state index in [2.05, 4.69) is 32.3 Å². The van der Waals surface area contributed by atoms with Gasteiger partial charge in [0, 0.05) is 32.2 Å². The summed E-state index contributed by atoms with van der Waals surface area (Å²) in [6.07, 6.45) is 12.1. The normalized spacial score (nSPS) is 22.1. The molecule has 1 aromatic heterocycles. The van der Waals surface area contributed by atoms with Crippen LogP contribution in [0.4, 0.5) is 11.5 Å². The Morgan fingerprint density at radius 1 is 1.02 bits per heavy atom. The van der Waals surface area contributed by atoms with Gasteiger partial charge >= 0.3 is 5.69 Å². The third-order valence-corrected chi connectivity index (χ3v) is 9.93. The second-order valence-corrected chi connectivity index (χ2v) is 13.0. The molecule has 3 aliphatic heterocycles. The van der Waals surface area contributed by atoms with Crippen LogP contribution in [-0.4, -0.2) is 76.0 Å². The minimum atomic E-state index is -0.677. The molecule has 44 heavy (non-hydrogen) atoms. The summed E-state index contributed by atoms with van der Waals surface area (Å²) in [4.78, 5) is 39.2. The lowest BCUT2D eigenvalue weighted by molar-refractivity contribution is -0.139. The lowest BCUT2D eigenvalue weighted by atomic mass is 9.80. The topological polar surface area (TPSA) is 170 Å². The van der Waals surface area contributed by atoms with Crippen molar-refractivity contribution in [2.45, 2.75) is 88.1 Å². The maximum atomic E-state index is 13.2. The lowest BCUT2D eigenvalue weighted by Gasteiger charge is -2.40. The maximum Gasteiger partial charge on any atom is 0.350 e. The number of piperidine rings is 1. The number of ether oxygens (including phenoxy) is 1. The van der Waals surface area contributed by atoms with Gasteiger partial charge in [-0.2, -0.15) is 4.98 Å². The van der Waals surface area contributed by atoms with Crippen LogP contribution in [0.15, 0.2) is 34.2 Å². The summed E-state index contributed by atoms with van der Waals surface area (Å²) in [6, 6.07) is 6.29. The summed E-state index contributed by atoms with van der Waals surface area (Å²) in [5.74, 6) is 2.33. The first-order chi connectivity index (χ1) is 21.3. The third-order valence-electron chi connectivity index (χ3n) is 9.93. The monoisotopic (exact) mass is 605 g/mol. The van der Waals surface area contributed by atoms with Crippen LogP contribution in [0.25, 0.3) is 0 Å². The van der Waals surface area contributed by atoms with Crippen molar-refractivity contribution in [2.24, 2.45) is 22.2 Å². The molecule has 2 saturated heterocycles. The Labute approximate surface area is 259 Å². The van der Waals surface area contributed by atoms with Crippen LogP contribution in [0, 0.1) is 0 Å². The zero-order valence-electron chi connectivity index (χ0n) is 25.7. The van der Waals surface area contributed by atoms with Gasteiger partial charge in [0.05, 0.1) is 17.4 Å². The van der Waals surface area contributed by atoms with Gasteiger partial charge in [-0.1, -0.05) is 25.3 Å². The van der Waals surface area contributed by atoms with Crippen molar-refractivity contribution in [3.8, 4) is 11.5 Å². The molecule has 3 fully saturated rings. The van der Waals surface area contributed by atoms with E-state index >= 15 is 0 Å². The molecule has 4 aliphatic rings. The van der Waals surface area contributed by atoms with Crippen LogP contribution in [0.1, 0.15) is 88.2 Å². The van der Waals surface area contributed by atoms with Crippen LogP contribution in [0.5, 0.6) is 11.5 Å². The first-order valence-corrected chi connectivity index (χ1v) is 16.4. The van der Waals surface area contributed by atoms with Gasteiger partial charge in [-0.15, -0.1) is 0 Å². The van der Waals surface area contributed by atoms with Crippen molar-refractivity contribution in [2.75, 3.05) is 44.6 Å². The predicted octanol–water partition coefficient (Wildman–Crippen LogP) is 3.15. The number of carbonyl (C=O) groups excluding carboxylic acids is 1. The Morgan fingerprint density at radius 2 is 1.82 bits per heavy atom. The highest BCUT2D eigenvalue weighted by Crippen LogP contribution is 2.43. The molecule has 1 atom stereocenters. The number of fused-ring (bicyclic) bond motifs is 2. The van der Waals surface area contributed by atoms with Gasteiger partial charge in [0.2, 0.25) is 5.91 Å². The van der Waals surface area contributed by atoms with E-state index in [9.17, 15) is 9.59 Å². The Balaban J connectivity index is 1.07. The number of likely N-dealkylation sites (tertiary alicyclic amines) is 2. The van der Waals surface area contributed by atoms with Gasteiger partial charge in [-0.05, 0) is 88.1 Å². The van der Waals surface area contributed by atoms with Gasteiger partial charge < -0.3 is 37.1 Å². The van der Waals surface area contributed by atoms with Crippen LogP contribution in [0.3, 0.4) is 0 Å². The van der Waals surface area contributed by atoms with E-state index in [1.807, 2.05) is 17.2 Å². The number of rotatable bonds is 7. The Hall–Kier alpha value is -3.64. The minimum Gasteiger partial charge on any atom is -0.450 e. The molecule has 1 aliphatic carbocycles. The van der Waals surface area contributed by atoms with Crippen LogP contribution >= 0.6 is 0 Å². The van der Waals surface area contributed by atoms with Gasteiger partial charge in [0.15, 0.2) is 23.3 Å². The molecule has 2 aromatic rings. The summed E-state index contributed by atoms with van der Waals surface area (Å²) < 4.78 is 8.02. The molecule has 7 N–H and O–H groups in total. The molecule has 238 valence electrons. The Bertz CT molecular complexity index is 1420. The number of hydrogen-bond acceptors (Lipinski definition) is 8. The fourth-order valence-corrected chi connectivity index (χ4v) is 7.38. The number of nitrogens with one attached hydrogen (secondary N) is 1. The average molecular weight is 606 g/mol. The zero-order valence-corrected chi connectivity index (χ0v) is 25.7. The summed E-state index contributed by atoms with van der Waals surface area (Å²) in [6.45, 7) is 4.90. The minimum absolute atomic E-state index is 0.0698. The molecule has 1 saturated carbocycles. The molecular formula is C32H47N9O3. The average Bonchev–Trinajstić information content (AvgIpc) is 3.27. The lowest BCUT2D eigenvalue weighted by Crippen LogP contribution is -2.57. The molecule has 6 rings (SSSR count). The molecule has 0 radical (unpaired) electrons. The molecule has 0 bridgehead atoms. The molecule has 4 heterocycles. The fourth-order valence-electron chi connectivity index (χ4n) is 7.38. The number of carbonyl (C=O) groups is 1. The molecule has 1 amide bonds. The van der Waals surface area contributed by atoms with Crippen molar-refractivity contribution in [1.82, 2.24) is 19.4 Å². The van der Waals surface area contributed by atoms with E-state index < -0.39 is 5.54 Å². The van der Waals surface area contributed by atoms with E-state index in [0.29, 0.717) is 24.0 Å². The fraction of sp³-hybridized carbons (Fsp3) is 0.625. The van der Waals surface area contributed by atoms with Crippen molar-refractivity contribution >= 4 is 23.4 Å². The van der Waals surface area contributed by atoms with Crippen LogP contribution in [-0.2, 0) is 4.79 Å². The molecule has 0 spiro atoms. The second-order valence-electron chi connectivity index (χ2n) is 13.0. The van der Waals surface area contributed by atoms with Gasteiger partial charge in [-0.25, -0.2) is 4.79 Å². The highest BCUT2D eigenvalue weighted by molar-refractivity contribution is 5.86. The predicted molar refractivity (Wildman–Crippen MR) is 171 cm³/mol. The van der Waals surface area contributed by atoms with Crippen molar-refractivity contribution in [3.63, 3.8) is 0 Å². The van der Waals surface area contributed by atoms with Crippen molar-refractivity contribution in [1.29, 1.82) is 0 Å². The quantitative estimate of drug-likeness (QED) is 0.179. The smallest absolute Gasteiger partial charge is 0.350 e. The van der Waals surface area contributed by atoms with Gasteiger partial charge in [0.1, 0.15) is 0 Å². The van der Waals surface area contributed by atoms with E-state index in [0.717, 1.165) is 108 Å². The van der Waals surface area contributed by atoms with Gasteiger partial charge in [0.25, 0.3) is 0 Å². The molecule has 12 heteroatoms. The number of aliphatic imine (C=N–C) groups is 1. The molecular weight excluding hydrogens is 558 g/mol. The summed E-state index contributed by atoms with van der Waals surface area (Å²) in [5.41, 5.74) is 18.5. The largest absolute Gasteiger partial charge is 0.450 e. The Kier molecular flexibility index (Phi) is 9.08.